The van der Waals surface area contributed by atoms with Crippen molar-refractivity contribution < 1.29 is 39.4 Å². The number of methoxy groups -OCH3 is 2. The van der Waals surface area contributed by atoms with Crippen LogP contribution < -0.4 is 9.47 Å². The summed E-state index contributed by atoms with van der Waals surface area (Å²) in [5.41, 5.74) is -0.422. The molecule has 0 atom stereocenters. The van der Waals surface area contributed by atoms with E-state index < -0.39 is 40.3 Å². The number of rotatable bonds is 4. The van der Waals surface area contributed by atoms with E-state index in [9.17, 15) is 20.1 Å². The minimum absolute atomic E-state index is 0.413. The molecule has 0 aromatic heterocycles. The van der Waals surface area contributed by atoms with Gasteiger partial charge in [-0.25, -0.2) is 4.79 Å². The highest BCUT2D eigenvalue weighted by atomic mass is 17.2. The maximum Gasteiger partial charge on any atom is 0.380 e. The zero-order chi connectivity index (χ0) is 13.9. The van der Waals surface area contributed by atoms with Crippen molar-refractivity contribution in [2.24, 2.45) is 0 Å². The summed E-state index contributed by atoms with van der Waals surface area (Å²) < 4.78 is 9.53. The fourth-order valence-electron chi connectivity index (χ4n) is 1.37. The third kappa shape index (κ3) is 2.05. The number of benzene rings is 1. The van der Waals surface area contributed by atoms with Crippen molar-refractivity contribution in [3.63, 3.8) is 0 Å². The molecule has 0 bridgehead atoms. The van der Waals surface area contributed by atoms with Crippen LogP contribution in [0.1, 0.15) is 10.4 Å². The first-order chi connectivity index (χ1) is 8.49. The molecule has 0 aliphatic carbocycles. The third-order valence-electron chi connectivity index (χ3n) is 2.10. The van der Waals surface area contributed by atoms with Gasteiger partial charge in [0.1, 0.15) is 0 Å². The van der Waals surface area contributed by atoms with Gasteiger partial charge in [0.15, 0.2) is 17.1 Å². The Morgan fingerprint density at radius 2 is 1.33 bits per heavy atom. The van der Waals surface area contributed by atoms with Crippen molar-refractivity contribution in [1.82, 2.24) is 0 Å². The summed E-state index contributed by atoms with van der Waals surface area (Å²) in [5.74, 6) is -4.42. The molecule has 0 heterocycles. The summed E-state index contributed by atoms with van der Waals surface area (Å²) in [5, 5.41) is 28.5. The molecule has 0 spiro atoms. The number of carbonyl (C=O) groups excluding carboxylic acids is 1. The molecular weight excluding hydrogens is 248 g/mol. The van der Waals surface area contributed by atoms with E-state index in [1.807, 2.05) is 0 Å². The number of hydrogen-bond donors (Lipinski definition) is 3. The first-order valence-electron chi connectivity index (χ1n) is 4.63. The molecule has 0 aliphatic heterocycles. The quantitative estimate of drug-likeness (QED) is 0.408. The predicted octanol–water partition coefficient (Wildman–Crippen LogP) is 0.539. The average Bonchev–Trinajstić information content (AvgIpc) is 2.36. The molecule has 1 rings (SSSR count). The third-order valence-corrected chi connectivity index (χ3v) is 2.10. The van der Waals surface area contributed by atoms with Gasteiger partial charge in [-0.3, -0.25) is 4.89 Å². The molecule has 0 saturated carbocycles. The molecule has 0 amide bonds. The Labute approximate surface area is 102 Å². The van der Waals surface area contributed by atoms with Gasteiger partial charge in [0, 0.05) is 0 Å². The van der Waals surface area contributed by atoms with Gasteiger partial charge < -0.3 is 24.8 Å². The maximum absolute atomic E-state index is 11.6. The van der Waals surface area contributed by atoms with E-state index in [0.29, 0.717) is 0 Å². The maximum atomic E-state index is 11.6. The van der Waals surface area contributed by atoms with Gasteiger partial charge in [0.2, 0.25) is 17.2 Å². The second-order valence-corrected chi connectivity index (χ2v) is 3.02. The fraction of sp³-hybridized carbons (Fsp3) is 0.300. The number of phenols is 3. The van der Waals surface area contributed by atoms with Crippen LogP contribution in [0.2, 0.25) is 0 Å². The molecule has 8 heteroatoms. The van der Waals surface area contributed by atoms with Crippen LogP contribution in [0.4, 0.5) is 0 Å². The minimum Gasteiger partial charge on any atom is -0.502 e. The van der Waals surface area contributed by atoms with Crippen LogP contribution in [-0.4, -0.2) is 42.6 Å². The number of ether oxygens (including phenoxy) is 2. The molecule has 0 fully saturated rings. The highest BCUT2D eigenvalue weighted by molar-refractivity contribution is 5.98. The van der Waals surface area contributed by atoms with Crippen LogP contribution >= 0.6 is 0 Å². The van der Waals surface area contributed by atoms with Crippen molar-refractivity contribution in [1.29, 1.82) is 0 Å². The Hall–Kier alpha value is -2.35. The molecule has 8 nitrogen and oxygen atoms in total. The number of aromatic hydroxyl groups is 3. The van der Waals surface area contributed by atoms with Gasteiger partial charge in [-0.1, -0.05) is 0 Å². The van der Waals surface area contributed by atoms with Gasteiger partial charge in [-0.05, 0) is 0 Å². The Morgan fingerprint density at radius 3 is 1.67 bits per heavy atom. The van der Waals surface area contributed by atoms with E-state index in [2.05, 4.69) is 9.78 Å². The number of phenolic OH excluding ortho intramolecular Hbond substituents is 3. The first-order valence-corrected chi connectivity index (χ1v) is 4.63. The van der Waals surface area contributed by atoms with Crippen molar-refractivity contribution in [3.8, 4) is 28.7 Å². The van der Waals surface area contributed by atoms with E-state index in [1.165, 1.54) is 0 Å². The number of carbonyl (C=O) groups is 1. The molecule has 3 N–H and O–H groups in total. The Kier molecular flexibility index (Phi) is 4.05. The molecule has 18 heavy (non-hydrogen) atoms. The lowest BCUT2D eigenvalue weighted by Crippen LogP contribution is -2.09. The standard InChI is InChI=1S/C10H12O8/c1-15-8-4(10(14)18-17-3)9(16-2)7(13)5(11)6(8)12/h11-13H,1-3H3. The van der Waals surface area contributed by atoms with Crippen molar-refractivity contribution in [3.05, 3.63) is 5.56 Å². The molecule has 0 radical (unpaired) electrons. The van der Waals surface area contributed by atoms with Gasteiger partial charge in [-0.2, -0.15) is 4.89 Å². The summed E-state index contributed by atoms with van der Waals surface area (Å²) in [6.07, 6.45) is 0. The number of hydrogen-bond acceptors (Lipinski definition) is 8. The Morgan fingerprint density at radius 1 is 0.889 bits per heavy atom. The monoisotopic (exact) mass is 260 g/mol. The minimum atomic E-state index is -1.07. The molecule has 0 aliphatic rings. The average molecular weight is 260 g/mol. The van der Waals surface area contributed by atoms with E-state index in [1.54, 1.807) is 0 Å². The van der Waals surface area contributed by atoms with Gasteiger partial charge in [0.25, 0.3) is 0 Å². The topological polar surface area (TPSA) is 115 Å². The van der Waals surface area contributed by atoms with Crippen molar-refractivity contribution in [2.45, 2.75) is 0 Å². The van der Waals surface area contributed by atoms with Crippen LogP contribution in [0.25, 0.3) is 0 Å². The molecule has 100 valence electrons. The lowest BCUT2D eigenvalue weighted by Gasteiger charge is -2.15. The van der Waals surface area contributed by atoms with Crippen LogP contribution in [0.15, 0.2) is 0 Å². The predicted molar refractivity (Wildman–Crippen MR) is 57.0 cm³/mol. The second kappa shape index (κ2) is 5.32. The normalized spacial score (nSPS) is 9.94. The SMILES string of the molecule is COOC(=O)c1c(OC)c(O)c(O)c(O)c1OC. The fourth-order valence-corrected chi connectivity index (χ4v) is 1.37. The molecule has 0 unspecified atom stereocenters. The van der Waals surface area contributed by atoms with Gasteiger partial charge in [0.05, 0.1) is 21.3 Å². The highest BCUT2D eigenvalue weighted by Crippen LogP contribution is 2.51. The summed E-state index contributed by atoms with van der Waals surface area (Å²) >= 11 is 0. The molecule has 0 saturated heterocycles. The van der Waals surface area contributed by atoms with Crippen LogP contribution in [0.5, 0.6) is 28.7 Å². The second-order valence-electron chi connectivity index (χ2n) is 3.02. The molecule has 1 aromatic rings. The van der Waals surface area contributed by atoms with Gasteiger partial charge >= 0.3 is 5.97 Å². The zero-order valence-corrected chi connectivity index (χ0v) is 9.88. The van der Waals surface area contributed by atoms with Crippen molar-refractivity contribution >= 4 is 5.97 Å². The molecular formula is C10H12O8. The lowest BCUT2D eigenvalue weighted by molar-refractivity contribution is -0.216. The zero-order valence-electron chi connectivity index (χ0n) is 9.88. The summed E-state index contributed by atoms with van der Waals surface area (Å²) in [7, 11) is 3.39. The van der Waals surface area contributed by atoms with E-state index >= 15 is 0 Å². The Bertz CT molecular complexity index is 436. The Balaban J connectivity index is 3.59. The largest absolute Gasteiger partial charge is 0.502 e. The van der Waals surface area contributed by atoms with Crippen LogP contribution in [0, 0.1) is 0 Å². The van der Waals surface area contributed by atoms with Crippen molar-refractivity contribution in [2.75, 3.05) is 21.3 Å². The van der Waals surface area contributed by atoms with Crippen LogP contribution in [-0.2, 0) is 9.78 Å². The summed E-state index contributed by atoms with van der Waals surface area (Å²) in [6.45, 7) is 0. The first kappa shape index (κ1) is 13.7. The van der Waals surface area contributed by atoms with E-state index in [4.69, 9.17) is 9.47 Å². The summed E-state index contributed by atoms with van der Waals surface area (Å²) in [4.78, 5) is 20.0. The summed E-state index contributed by atoms with van der Waals surface area (Å²) in [6, 6.07) is 0. The smallest absolute Gasteiger partial charge is 0.380 e. The van der Waals surface area contributed by atoms with E-state index in [0.717, 1.165) is 21.3 Å². The van der Waals surface area contributed by atoms with E-state index in [-0.39, 0.29) is 0 Å². The highest BCUT2D eigenvalue weighted by Gasteiger charge is 2.31. The molecule has 1 aromatic carbocycles. The van der Waals surface area contributed by atoms with Crippen LogP contribution in [0.3, 0.4) is 0 Å². The van der Waals surface area contributed by atoms with Gasteiger partial charge in [-0.15, -0.1) is 0 Å². The lowest BCUT2D eigenvalue weighted by atomic mass is 10.1.